The van der Waals surface area contributed by atoms with Gasteiger partial charge in [-0.05, 0) is 59.9 Å². The average Bonchev–Trinajstić information content (AvgIpc) is 3.04. The van der Waals surface area contributed by atoms with Crippen molar-refractivity contribution in [3.05, 3.63) is 95.4 Å². The SMILES string of the molecule is CCOc1ccccc1N1C(=O)C(Nc2ccc(C(C)(C)C)cc2)=C(c2ccc(F)cc2)C1=O. The third kappa shape index (κ3) is 4.44. The minimum Gasteiger partial charge on any atom is -0.492 e. The number of hydrogen-bond donors (Lipinski definition) is 1. The number of nitrogens with one attached hydrogen (secondary N) is 1. The first-order chi connectivity index (χ1) is 16.2. The summed E-state index contributed by atoms with van der Waals surface area (Å²) in [4.78, 5) is 28.3. The van der Waals surface area contributed by atoms with Crippen molar-refractivity contribution in [3.8, 4) is 5.75 Å². The van der Waals surface area contributed by atoms with Crippen LogP contribution >= 0.6 is 0 Å². The number of nitrogens with zero attached hydrogens (tertiary/aromatic N) is 1. The Bertz CT molecular complexity index is 1260. The van der Waals surface area contributed by atoms with Crippen LogP contribution in [0.5, 0.6) is 5.75 Å². The first kappa shape index (κ1) is 23.2. The number of para-hydroxylation sites is 2. The van der Waals surface area contributed by atoms with E-state index in [9.17, 15) is 14.0 Å². The van der Waals surface area contributed by atoms with E-state index in [0.717, 1.165) is 10.5 Å². The molecule has 0 saturated carbocycles. The molecular formula is C28H27FN2O3. The van der Waals surface area contributed by atoms with Crippen molar-refractivity contribution in [1.29, 1.82) is 0 Å². The zero-order chi connectivity index (χ0) is 24.5. The zero-order valence-electron chi connectivity index (χ0n) is 19.7. The van der Waals surface area contributed by atoms with Crippen molar-refractivity contribution in [2.24, 2.45) is 0 Å². The van der Waals surface area contributed by atoms with Gasteiger partial charge in [-0.25, -0.2) is 9.29 Å². The Hall–Kier alpha value is -3.93. The number of anilines is 2. The van der Waals surface area contributed by atoms with Crippen molar-refractivity contribution in [1.82, 2.24) is 0 Å². The molecule has 0 radical (unpaired) electrons. The van der Waals surface area contributed by atoms with Crippen LogP contribution in [0.15, 0.2) is 78.5 Å². The lowest BCUT2D eigenvalue weighted by molar-refractivity contribution is -0.120. The molecule has 1 aliphatic heterocycles. The van der Waals surface area contributed by atoms with E-state index in [1.165, 1.54) is 24.3 Å². The summed E-state index contributed by atoms with van der Waals surface area (Å²) in [6.45, 7) is 8.59. The highest BCUT2D eigenvalue weighted by Gasteiger charge is 2.41. The molecule has 0 spiro atoms. The number of halogens is 1. The van der Waals surface area contributed by atoms with Crippen molar-refractivity contribution in [3.63, 3.8) is 0 Å². The van der Waals surface area contributed by atoms with E-state index in [4.69, 9.17) is 4.74 Å². The van der Waals surface area contributed by atoms with Crippen molar-refractivity contribution in [2.75, 3.05) is 16.8 Å². The van der Waals surface area contributed by atoms with Crippen LogP contribution < -0.4 is 15.0 Å². The number of imide groups is 1. The second kappa shape index (κ2) is 9.14. The fraction of sp³-hybridized carbons (Fsp3) is 0.214. The highest BCUT2D eigenvalue weighted by molar-refractivity contribution is 6.46. The van der Waals surface area contributed by atoms with Gasteiger partial charge in [-0.1, -0.05) is 57.2 Å². The van der Waals surface area contributed by atoms with Crippen LogP contribution in [0.4, 0.5) is 15.8 Å². The lowest BCUT2D eigenvalue weighted by atomic mass is 9.87. The molecule has 2 amide bonds. The summed E-state index contributed by atoms with van der Waals surface area (Å²) in [7, 11) is 0. The third-order valence-electron chi connectivity index (χ3n) is 5.64. The summed E-state index contributed by atoms with van der Waals surface area (Å²) in [5.41, 5.74) is 2.91. The van der Waals surface area contributed by atoms with Crippen LogP contribution in [0.2, 0.25) is 0 Å². The van der Waals surface area contributed by atoms with Gasteiger partial charge in [0.25, 0.3) is 11.8 Å². The smallest absolute Gasteiger partial charge is 0.282 e. The first-order valence-corrected chi connectivity index (χ1v) is 11.2. The summed E-state index contributed by atoms with van der Waals surface area (Å²) < 4.78 is 19.3. The maximum atomic E-state index is 13.6. The molecule has 5 nitrogen and oxygen atoms in total. The maximum absolute atomic E-state index is 13.6. The monoisotopic (exact) mass is 458 g/mol. The Morgan fingerprint density at radius 2 is 1.53 bits per heavy atom. The minimum atomic E-state index is -0.503. The molecule has 0 atom stereocenters. The fourth-order valence-corrected chi connectivity index (χ4v) is 3.87. The molecule has 0 unspecified atom stereocenters. The Kier molecular flexibility index (Phi) is 6.24. The predicted octanol–water partition coefficient (Wildman–Crippen LogP) is 5.92. The Morgan fingerprint density at radius 3 is 2.15 bits per heavy atom. The van der Waals surface area contributed by atoms with Crippen LogP contribution in [-0.4, -0.2) is 18.4 Å². The Morgan fingerprint density at radius 1 is 0.882 bits per heavy atom. The molecule has 1 heterocycles. The van der Waals surface area contributed by atoms with Gasteiger partial charge in [-0.3, -0.25) is 9.59 Å². The summed E-state index contributed by atoms with van der Waals surface area (Å²) in [6.07, 6.45) is 0. The summed E-state index contributed by atoms with van der Waals surface area (Å²) >= 11 is 0. The second-order valence-corrected chi connectivity index (χ2v) is 9.06. The number of amides is 2. The lowest BCUT2D eigenvalue weighted by Gasteiger charge is -2.20. The van der Waals surface area contributed by atoms with E-state index in [1.807, 2.05) is 31.2 Å². The molecule has 3 aromatic rings. The second-order valence-electron chi connectivity index (χ2n) is 9.06. The molecule has 174 valence electrons. The van der Waals surface area contributed by atoms with Crippen LogP contribution in [0.1, 0.15) is 38.8 Å². The summed E-state index contributed by atoms with van der Waals surface area (Å²) in [6, 6.07) is 20.2. The number of hydrogen-bond acceptors (Lipinski definition) is 4. The van der Waals surface area contributed by atoms with Gasteiger partial charge in [0.15, 0.2) is 0 Å². The summed E-state index contributed by atoms with van der Waals surface area (Å²) in [5.74, 6) is -0.998. The van der Waals surface area contributed by atoms with Gasteiger partial charge in [-0.2, -0.15) is 0 Å². The highest BCUT2D eigenvalue weighted by atomic mass is 19.1. The van der Waals surface area contributed by atoms with Gasteiger partial charge in [0.05, 0.1) is 17.9 Å². The summed E-state index contributed by atoms with van der Waals surface area (Å²) in [5, 5.41) is 3.15. The van der Waals surface area contributed by atoms with Crippen molar-refractivity contribution < 1.29 is 18.7 Å². The molecule has 34 heavy (non-hydrogen) atoms. The molecule has 3 aromatic carbocycles. The molecule has 6 heteroatoms. The van der Waals surface area contributed by atoms with Crippen LogP contribution in [-0.2, 0) is 15.0 Å². The van der Waals surface area contributed by atoms with E-state index in [0.29, 0.717) is 29.3 Å². The quantitative estimate of drug-likeness (QED) is 0.466. The third-order valence-corrected chi connectivity index (χ3v) is 5.64. The number of rotatable bonds is 6. The zero-order valence-corrected chi connectivity index (χ0v) is 19.7. The Labute approximate surface area is 198 Å². The van der Waals surface area contributed by atoms with Gasteiger partial charge in [0.1, 0.15) is 17.3 Å². The van der Waals surface area contributed by atoms with E-state index in [-0.39, 0.29) is 16.7 Å². The standard InChI is InChI=1S/C28H27FN2O3/c1-5-34-23-9-7-6-8-22(23)31-26(32)24(18-10-14-20(29)15-11-18)25(27(31)33)30-21-16-12-19(13-17-21)28(2,3)4/h6-17,30H,5H2,1-4H3. The van der Waals surface area contributed by atoms with E-state index < -0.39 is 17.6 Å². The largest absolute Gasteiger partial charge is 0.492 e. The molecule has 0 saturated heterocycles. The fourth-order valence-electron chi connectivity index (χ4n) is 3.87. The van der Waals surface area contributed by atoms with Crippen LogP contribution in [0.25, 0.3) is 5.57 Å². The van der Waals surface area contributed by atoms with Crippen LogP contribution in [0.3, 0.4) is 0 Å². The van der Waals surface area contributed by atoms with Gasteiger partial charge in [0.2, 0.25) is 0 Å². The molecule has 0 aliphatic carbocycles. The molecule has 1 aliphatic rings. The highest BCUT2D eigenvalue weighted by Crippen LogP contribution is 2.38. The normalized spacial score (nSPS) is 14.1. The van der Waals surface area contributed by atoms with Gasteiger partial charge < -0.3 is 10.1 Å². The van der Waals surface area contributed by atoms with E-state index in [1.54, 1.807) is 24.3 Å². The Balaban J connectivity index is 1.79. The minimum absolute atomic E-state index is 0.0179. The van der Waals surface area contributed by atoms with E-state index in [2.05, 4.69) is 26.1 Å². The molecular weight excluding hydrogens is 431 g/mol. The first-order valence-electron chi connectivity index (χ1n) is 11.2. The van der Waals surface area contributed by atoms with Crippen molar-refractivity contribution in [2.45, 2.75) is 33.1 Å². The molecule has 0 bridgehead atoms. The van der Waals surface area contributed by atoms with E-state index >= 15 is 0 Å². The average molecular weight is 459 g/mol. The number of carbonyl (C=O) groups excluding carboxylic acids is 2. The predicted molar refractivity (Wildman–Crippen MR) is 132 cm³/mol. The number of benzene rings is 3. The number of carbonyl (C=O) groups is 2. The molecule has 0 fully saturated rings. The lowest BCUT2D eigenvalue weighted by Crippen LogP contribution is -2.32. The number of ether oxygens (including phenoxy) is 1. The van der Waals surface area contributed by atoms with Gasteiger partial charge in [0, 0.05) is 5.69 Å². The van der Waals surface area contributed by atoms with Gasteiger partial charge >= 0.3 is 0 Å². The van der Waals surface area contributed by atoms with Crippen LogP contribution in [0, 0.1) is 5.82 Å². The van der Waals surface area contributed by atoms with Gasteiger partial charge in [-0.15, -0.1) is 0 Å². The topological polar surface area (TPSA) is 58.6 Å². The maximum Gasteiger partial charge on any atom is 0.282 e. The molecule has 4 rings (SSSR count). The molecule has 0 aromatic heterocycles. The van der Waals surface area contributed by atoms with Crippen molar-refractivity contribution >= 4 is 28.8 Å². The molecule has 1 N–H and O–H groups in total.